The Hall–Kier alpha value is -3.88. The van der Waals surface area contributed by atoms with E-state index in [0.29, 0.717) is 10.7 Å². The number of amides is 1. The van der Waals surface area contributed by atoms with Crippen molar-refractivity contribution in [3.63, 3.8) is 0 Å². The van der Waals surface area contributed by atoms with Crippen LogP contribution in [0.4, 0.5) is 5.69 Å². The van der Waals surface area contributed by atoms with Gasteiger partial charge in [-0.15, -0.1) is 0 Å². The van der Waals surface area contributed by atoms with Gasteiger partial charge in [-0.2, -0.15) is 5.10 Å². The number of nitrogens with one attached hydrogen (secondary N) is 1. The minimum Gasteiger partial charge on any atom is -0.316 e. The number of hydrazone groups is 1. The smallest absolute Gasteiger partial charge is 0.264 e. The molecule has 0 atom stereocenters. The molecule has 0 aliphatic carbocycles. The van der Waals surface area contributed by atoms with E-state index in [-0.39, 0.29) is 10.8 Å². The van der Waals surface area contributed by atoms with E-state index in [1.807, 2.05) is 60.9 Å². The van der Waals surface area contributed by atoms with Crippen LogP contribution in [0.3, 0.4) is 0 Å². The summed E-state index contributed by atoms with van der Waals surface area (Å²) in [6.07, 6.45) is 1.54. The minimum absolute atomic E-state index is 0.0984. The summed E-state index contributed by atoms with van der Waals surface area (Å²) >= 11 is 6.40. The summed E-state index contributed by atoms with van der Waals surface area (Å²) in [4.78, 5) is 13.0. The van der Waals surface area contributed by atoms with Crippen molar-refractivity contribution in [2.45, 2.75) is 38.5 Å². The minimum atomic E-state index is -4.00. The van der Waals surface area contributed by atoms with Crippen molar-refractivity contribution < 1.29 is 13.2 Å². The number of anilines is 1. The highest BCUT2D eigenvalue weighted by Crippen LogP contribution is 2.27. The second-order valence-corrected chi connectivity index (χ2v) is 11.7. The maximum atomic E-state index is 13.5. The van der Waals surface area contributed by atoms with E-state index in [0.717, 1.165) is 32.5 Å². The number of benzene rings is 3. The lowest BCUT2D eigenvalue weighted by Gasteiger charge is -2.24. The number of aryl methyl sites for hydroxylation is 1. The van der Waals surface area contributed by atoms with Crippen LogP contribution in [0.25, 0.3) is 5.69 Å². The Balaban J connectivity index is 1.56. The molecule has 39 heavy (non-hydrogen) atoms. The van der Waals surface area contributed by atoms with Crippen LogP contribution in [-0.4, -0.2) is 31.7 Å². The Kier molecular flexibility index (Phi) is 8.57. The number of hydrogen-bond donors (Lipinski definition) is 1. The van der Waals surface area contributed by atoms with Gasteiger partial charge in [-0.1, -0.05) is 67.9 Å². The van der Waals surface area contributed by atoms with Crippen molar-refractivity contribution in [1.82, 2.24) is 9.99 Å². The summed E-state index contributed by atoms with van der Waals surface area (Å²) in [6, 6.07) is 24.7. The lowest BCUT2D eigenvalue weighted by atomic mass is 10.0. The molecular formula is C30H31ClN4O3S. The molecule has 0 saturated heterocycles. The number of hydrogen-bond acceptors (Lipinski definition) is 4. The molecule has 1 N–H and O–H groups in total. The number of nitrogens with zero attached hydrogens (tertiary/aromatic N) is 3. The molecule has 0 radical (unpaired) electrons. The highest BCUT2D eigenvalue weighted by atomic mass is 35.5. The van der Waals surface area contributed by atoms with E-state index in [9.17, 15) is 13.2 Å². The van der Waals surface area contributed by atoms with Crippen LogP contribution in [-0.2, 0) is 14.8 Å². The summed E-state index contributed by atoms with van der Waals surface area (Å²) in [7, 11) is -4.00. The Labute approximate surface area is 234 Å². The maximum Gasteiger partial charge on any atom is 0.264 e. The third-order valence-electron chi connectivity index (χ3n) is 6.42. The maximum absolute atomic E-state index is 13.5. The fourth-order valence-electron chi connectivity index (χ4n) is 4.32. The van der Waals surface area contributed by atoms with Gasteiger partial charge in [0.2, 0.25) is 0 Å². The van der Waals surface area contributed by atoms with E-state index in [1.165, 1.54) is 12.1 Å². The summed E-state index contributed by atoms with van der Waals surface area (Å²) in [5.41, 5.74) is 7.45. The predicted molar refractivity (Wildman–Crippen MR) is 157 cm³/mol. The monoisotopic (exact) mass is 562 g/mol. The molecule has 1 amide bonds. The zero-order valence-corrected chi connectivity index (χ0v) is 23.9. The second kappa shape index (κ2) is 11.9. The molecule has 0 aliphatic rings. The van der Waals surface area contributed by atoms with Crippen molar-refractivity contribution in [2.24, 2.45) is 5.10 Å². The van der Waals surface area contributed by atoms with E-state index < -0.39 is 22.5 Å². The fraction of sp³-hybridized carbons (Fsp3) is 0.200. The Morgan fingerprint density at radius 1 is 1.00 bits per heavy atom. The van der Waals surface area contributed by atoms with E-state index >= 15 is 0 Å². The molecule has 0 unspecified atom stereocenters. The molecule has 0 saturated carbocycles. The molecule has 0 spiro atoms. The van der Waals surface area contributed by atoms with Crippen LogP contribution in [0.1, 0.15) is 42.3 Å². The topological polar surface area (TPSA) is 83.8 Å². The van der Waals surface area contributed by atoms with Crippen molar-refractivity contribution in [2.75, 3.05) is 10.8 Å². The molecular weight excluding hydrogens is 532 g/mol. The van der Waals surface area contributed by atoms with Crippen LogP contribution >= 0.6 is 11.6 Å². The Bertz CT molecular complexity index is 1600. The first-order valence-electron chi connectivity index (χ1n) is 12.5. The third kappa shape index (κ3) is 6.24. The lowest BCUT2D eigenvalue weighted by molar-refractivity contribution is -0.119. The van der Waals surface area contributed by atoms with Gasteiger partial charge in [0, 0.05) is 17.0 Å². The number of halogens is 1. The molecule has 4 aromatic rings. The molecule has 0 bridgehead atoms. The van der Waals surface area contributed by atoms with Crippen LogP contribution in [0.2, 0.25) is 5.02 Å². The molecule has 4 rings (SSSR count). The van der Waals surface area contributed by atoms with Crippen molar-refractivity contribution in [1.29, 1.82) is 0 Å². The number of sulfonamides is 1. The first kappa shape index (κ1) is 28.1. The highest BCUT2D eigenvalue weighted by molar-refractivity contribution is 7.92. The second-order valence-electron chi connectivity index (χ2n) is 9.48. The van der Waals surface area contributed by atoms with Crippen LogP contribution < -0.4 is 9.73 Å². The van der Waals surface area contributed by atoms with E-state index in [1.54, 1.807) is 36.5 Å². The summed E-state index contributed by atoms with van der Waals surface area (Å²) in [5, 5.41) is 4.74. The molecule has 1 heterocycles. The summed E-state index contributed by atoms with van der Waals surface area (Å²) < 4.78 is 30.2. The fourth-order valence-corrected chi connectivity index (χ4v) is 5.98. The quantitative estimate of drug-likeness (QED) is 0.194. The summed E-state index contributed by atoms with van der Waals surface area (Å²) in [6.45, 7) is 7.58. The Morgan fingerprint density at radius 3 is 2.28 bits per heavy atom. The molecule has 0 fully saturated rings. The average molecular weight is 563 g/mol. The standard InChI is InChI=1S/C30H31ClN4O3S/c1-21(2)24-14-16-26(17-15-24)34(39(37,38)27-10-6-5-7-11-27)20-30(36)33-32-19-25-18-22(3)35(23(25)4)29-13-9-8-12-28(29)31/h5-19,21H,20H2,1-4H3,(H,33,36)/b32-19+. The predicted octanol–water partition coefficient (Wildman–Crippen LogP) is 6.22. The summed E-state index contributed by atoms with van der Waals surface area (Å²) in [5.74, 6) is -0.283. The molecule has 1 aromatic heterocycles. The molecule has 3 aromatic carbocycles. The highest BCUT2D eigenvalue weighted by Gasteiger charge is 2.27. The van der Waals surface area contributed by atoms with Crippen LogP contribution in [0.15, 0.2) is 94.9 Å². The van der Waals surface area contributed by atoms with Gasteiger partial charge < -0.3 is 4.57 Å². The number of aromatic nitrogens is 1. The SMILES string of the molecule is Cc1cc(/C=N/NC(=O)CN(c2ccc(C(C)C)cc2)S(=O)(=O)c2ccccc2)c(C)n1-c1ccccc1Cl. The van der Waals surface area contributed by atoms with Gasteiger partial charge in [0.05, 0.1) is 27.5 Å². The number of carbonyl (C=O) groups is 1. The third-order valence-corrected chi connectivity index (χ3v) is 8.53. The number of rotatable bonds is 9. The molecule has 9 heteroatoms. The van der Waals surface area contributed by atoms with Crippen molar-refractivity contribution in [3.05, 3.63) is 112 Å². The van der Waals surface area contributed by atoms with Crippen molar-refractivity contribution in [3.8, 4) is 5.69 Å². The van der Waals surface area contributed by atoms with Crippen molar-refractivity contribution >= 4 is 39.4 Å². The molecule has 0 aliphatic heterocycles. The molecule has 7 nitrogen and oxygen atoms in total. The van der Waals surface area contributed by atoms with Crippen LogP contribution in [0.5, 0.6) is 0 Å². The first-order valence-corrected chi connectivity index (χ1v) is 14.3. The van der Waals surface area contributed by atoms with Gasteiger partial charge >= 0.3 is 0 Å². The Morgan fingerprint density at radius 2 is 1.64 bits per heavy atom. The number of carbonyl (C=O) groups excluding carboxylic acids is 1. The van der Waals surface area contributed by atoms with E-state index in [4.69, 9.17) is 11.6 Å². The van der Waals surface area contributed by atoms with Gasteiger partial charge in [-0.3, -0.25) is 9.10 Å². The van der Waals surface area contributed by atoms with Crippen LogP contribution in [0, 0.1) is 13.8 Å². The number of para-hydroxylation sites is 1. The molecule has 202 valence electrons. The van der Waals surface area contributed by atoms with Gasteiger partial charge in [0.1, 0.15) is 6.54 Å². The largest absolute Gasteiger partial charge is 0.316 e. The zero-order chi connectivity index (χ0) is 28.2. The normalized spacial score (nSPS) is 11.7. The average Bonchev–Trinajstić information content (AvgIpc) is 3.20. The van der Waals surface area contributed by atoms with Gasteiger partial charge in [0.25, 0.3) is 15.9 Å². The van der Waals surface area contributed by atoms with Gasteiger partial charge in [0.15, 0.2) is 0 Å². The van der Waals surface area contributed by atoms with E-state index in [2.05, 4.69) is 24.4 Å². The zero-order valence-electron chi connectivity index (χ0n) is 22.3. The van der Waals surface area contributed by atoms with Gasteiger partial charge in [-0.05, 0) is 67.8 Å². The van der Waals surface area contributed by atoms with Gasteiger partial charge in [-0.25, -0.2) is 13.8 Å². The lowest BCUT2D eigenvalue weighted by Crippen LogP contribution is -2.39. The first-order chi connectivity index (χ1) is 18.6.